The molecule has 0 unspecified atom stereocenters. The molecule has 16 heavy (non-hydrogen) atoms. The molecule has 0 spiro atoms. The third-order valence-corrected chi connectivity index (χ3v) is 2.94. The molecule has 0 fully saturated rings. The zero-order valence-electron chi connectivity index (χ0n) is 8.20. The highest BCUT2D eigenvalue weighted by molar-refractivity contribution is 9.10. The number of aromatic nitrogens is 2. The molecule has 2 aromatic heterocycles. The maximum atomic E-state index is 5.51. The number of rotatable bonds is 1. The van der Waals surface area contributed by atoms with Crippen LogP contribution in [-0.4, -0.2) is 10.1 Å². The van der Waals surface area contributed by atoms with Gasteiger partial charge >= 0.3 is 0 Å². The van der Waals surface area contributed by atoms with Crippen molar-refractivity contribution in [2.24, 2.45) is 0 Å². The van der Waals surface area contributed by atoms with Crippen LogP contribution in [0.25, 0.3) is 22.2 Å². The van der Waals surface area contributed by atoms with E-state index < -0.39 is 0 Å². The molecule has 0 saturated heterocycles. The van der Waals surface area contributed by atoms with Gasteiger partial charge in [0.1, 0.15) is 5.69 Å². The van der Waals surface area contributed by atoms with E-state index in [1.165, 1.54) is 0 Å². The van der Waals surface area contributed by atoms with Gasteiger partial charge in [0.15, 0.2) is 0 Å². The predicted molar refractivity (Wildman–Crippen MR) is 65.9 cm³/mol. The summed E-state index contributed by atoms with van der Waals surface area (Å²) in [5, 5.41) is 4.99. The fraction of sp³-hybridized carbons (Fsp3) is 0. The summed E-state index contributed by atoms with van der Waals surface area (Å²) in [6, 6.07) is 7.74. The van der Waals surface area contributed by atoms with Crippen LogP contribution in [0.4, 0.5) is 5.88 Å². The highest BCUT2D eigenvalue weighted by atomic mass is 79.9. The Balaban J connectivity index is 2.27. The van der Waals surface area contributed by atoms with E-state index in [0.717, 1.165) is 26.6 Å². The van der Waals surface area contributed by atoms with Gasteiger partial charge in [0.25, 0.3) is 0 Å². The van der Waals surface area contributed by atoms with Crippen LogP contribution < -0.4 is 5.73 Å². The summed E-state index contributed by atoms with van der Waals surface area (Å²) in [6.07, 6.45) is 1.90. The van der Waals surface area contributed by atoms with Crippen LogP contribution in [0.1, 0.15) is 0 Å². The maximum Gasteiger partial charge on any atom is 0.222 e. The number of anilines is 1. The fourth-order valence-electron chi connectivity index (χ4n) is 1.72. The molecule has 3 aromatic rings. The van der Waals surface area contributed by atoms with E-state index >= 15 is 0 Å². The molecule has 0 radical (unpaired) electrons. The van der Waals surface area contributed by atoms with E-state index in [1.54, 1.807) is 6.07 Å². The SMILES string of the molecule is Nc1cc(-c2c[nH]c3ccc(Br)cc23)no1. The van der Waals surface area contributed by atoms with Gasteiger partial charge in [-0.15, -0.1) is 0 Å². The summed E-state index contributed by atoms with van der Waals surface area (Å²) in [4.78, 5) is 3.18. The minimum absolute atomic E-state index is 0.319. The monoisotopic (exact) mass is 277 g/mol. The number of hydrogen-bond donors (Lipinski definition) is 2. The highest BCUT2D eigenvalue weighted by Crippen LogP contribution is 2.30. The molecule has 3 N–H and O–H groups in total. The fourth-order valence-corrected chi connectivity index (χ4v) is 2.08. The maximum absolute atomic E-state index is 5.51. The van der Waals surface area contributed by atoms with Gasteiger partial charge in [-0.3, -0.25) is 0 Å². The summed E-state index contributed by atoms with van der Waals surface area (Å²) < 4.78 is 5.89. The smallest absolute Gasteiger partial charge is 0.222 e. The van der Waals surface area contributed by atoms with Crippen molar-refractivity contribution in [2.75, 3.05) is 5.73 Å². The van der Waals surface area contributed by atoms with Crippen LogP contribution in [0, 0.1) is 0 Å². The number of aromatic amines is 1. The van der Waals surface area contributed by atoms with Crippen LogP contribution >= 0.6 is 15.9 Å². The van der Waals surface area contributed by atoms with Gasteiger partial charge in [-0.05, 0) is 18.2 Å². The van der Waals surface area contributed by atoms with E-state index in [0.29, 0.717) is 5.88 Å². The molecule has 2 heterocycles. The number of nitrogens with one attached hydrogen (secondary N) is 1. The Labute approximate surface area is 99.6 Å². The Morgan fingerprint density at radius 1 is 1.31 bits per heavy atom. The topological polar surface area (TPSA) is 67.8 Å². The number of fused-ring (bicyclic) bond motifs is 1. The number of nitrogens with zero attached hydrogens (tertiary/aromatic N) is 1. The van der Waals surface area contributed by atoms with Crippen LogP contribution in [0.5, 0.6) is 0 Å². The zero-order chi connectivity index (χ0) is 11.1. The van der Waals surface area contributed by atoms with Gasteiger partial charge in [0.05, 0.1) is 0 Å². The summed E-state index contributed by atoms with van der Waals surface area (Å²) >= 11 is 3.45. The zero-order valence-corrected chi connectivity index (χ0v) is 9.78. The van der Waals surface area contributed by atoms with Crippen molar-refractivity contribution in [1.29, 1.82) is 0 Å². The summed E-state index contributed by atoms with van der Waals surface area (Å²) in [7, 11) is 0. The van der Waals surface area contributed by atoms with Crippen molar-refractivity contribution in [1.82, 2.24) is 10.1 Å². The van der Waals surface area contributed by atoms with E-state index in [4.69, 9.17) is 10.3 Å². The van der Waals surface area contributed by atoms with Crippen molar-refractivity contribution < 1.29 is 4.52 Å². The molecule has 80 valence electrons. The Morgan fingerprint density at radius 3 is 2.94 bits per heavy atom. The first-order valence-electron chi connectivity index (χ1n) is 4.73. The molecule has 0 amide bonds. The number of H-pyrrole nitrogens is 1. The summed E-state index contributed by atoms with van der Waals surface area (Å²) in [6.45, 7) is 0. The highest BCUT2D eigenvalue weighted by Gasteiger charge is 2.10. The first-order valence-corrected chi connectivity index (χ1v) is 5.52. The van der Waals surface area contributed by atoms with Crippen LogP contribution in [-0.2, 0) is 0 Å². The van der Waals surface area contributed by atoms with Gasteiger partial charge < -0.3 is 15.2 Å². The lowest BCUT2D eigenvalue weighted by atomic mass is 10.1. The van der Waals surface area contributed by atoms with Gasteiger partial charge in [0, 0.05) is 33.2 Å². The quantitative estimate of drug-likeness (QED) is 0.718. The van der Waals surface area contributed by atoms with Crippen molar-refractivity contribution in [3.8, 4) is 11.3 Å². The largest absolute Gasteiger partial charge is 0.368 e. The minimum Gasteiger partial charge on any atom is -0.368 e. The predicted octanol–water partition coefficient (Wildman–Crippen LogP) is 3.17. The molecule has 0 bridgehead atoms. The average molecular weight is 278 g/mol. The second-order valence-electron chi connectivity index (χ2n) is 3.51. The molecule has 1 aromatic carbocycles. The molecule has 0 aliphatic heterocycles. The van der Waals surface area contributed by atoms with Crippen LogP contribution in [0.3, 0.4) is 0 Å². The number of benzene rings is 1. The van der Waals surface area contributed by atoms with E-state index in [-0.39, 0.29) is 0 Å². The molecule has 0 saturated carbocycles. The molecular formula is C11H8BrN3O. The van der Waals surface area contributed by atoms with E-state index in [2.05, 4.69) is 26.1 Å². The first-order chi connectivity index (χ1) is 7.74. The second kappa shape index (κ2) is 3.38. The summed E-state index contributed by atoms with van der Waals surface area (Å²) in [5.74, 6) is 0.319. The standard InChI is InChI=1S/C11H8BrN3O/c12-6-1-2-9-7(3-6)8(5-14-9)10-4-11(13)16-15-10/h1-5,14H,13H2. The molecule has 3 rings (SSSR count). The lowest BCUT2D eigenvalue weighted by Crippen LogP contribution is -1.76. The van der Waals surface area contributed by atoms with Crippen molar-refractivity contribution in [2.45, 2.75) is 0 Å². The van der Waals surface area contributed by atoms with Crippen molar-refractivity contribution in [3.63, 3.8) is 0 Å². The Bertz CT molecular complexity index is 656. The van der Waals surface area contributed by atoms with Crippen molar-refractivity contribution >= 4 is 32.7 Å². The molecule has 4 nitrogen and oxygen atoms in total. The van der Waals surface area contributed by atoms with Crippen LogP contribution in [0.2, 0.25) is 0 Å². The van der Waals surface area contributed by atoms with E-state index in [1.807, 2.05) is 24.4 Å². The number of nitrogen functional groups attached to an aromatic ring is 1. The number of nitrogens with two attached hydrogens (primary N) is 1. The normalized spacial score (nSPS) is 11.1. The van der Waals surface area contributed by atoms with Gasteiger partial charge in [0.2, 0.25) is 5.88 Å². The summed E-state index contributed by atoms with van der Waals surface area (Å²) in [5.41, 5.74) is 8.29. The van der Waals surface area contributed by atoms with Gasteiger partial charge in [-0.2, -0.15) is 0 Å². The number of hydrogen-bond acceptors (Lipinski definition) is 3. The average Bonchev–Trinajstić information content (AvgIpc) is 2.83. The molecular weight excluding hydrogens is 270 g/mol. The molecule has 0 aliphatic rings. The lowest BCUT2D eigenvalue weighted by Gasteiger charge is -1.94. The second-order valence-corrected chi connectivity index (χ2v) is 4.42. The van der Waals surface area contributed by atoms with Gasteiger partial charge in [-0.1, -0.05) is 21.1 Å². The molecule has 0 aliphatic carbocycles. The molecule has 0 atom stereocenters. The van der Waals surface area contributed by atoms with Crippen molar-refractivity contribution in [3.05, 3.63) is 34.9 Å². The Morgan fingerprint density at radius 2 is 2.19 bits per heavy atom. The Kier molecular flexibility index (Phi) is 2.00. The first kappa shape index (κ1) is 9.47. The Hall–Kier alpha value is -1.75. The van der Waals surface area contributed by atoms with E-state index in [9.17, 15) is 0 Å². The number of halogens is 1. The lowest BCUT2D eigenvalue weighted by molar-refractivity contribution is 0.439. The third-order valence-electron chi connectivity index (χ3n) is 2.45. The molecule has 5 heteroatoms. The van der Waals surface area contributed by atoms with Crippen LogP contribution in [0.15, 0.2) is 39.5 Å². The minimum atomic E-state index is 0.319. The van der Waals surface area contributed by atoms with Gasteiger partial charge in [-0.25, -0.2) is 0 Å². The third kappa shape index (κ3) is 1.40.